The van der Waals surface area contributed by atoms with Crippen molar-refractivity contribution >= 4 is 28.7 Å². The summed E-state index contributed by atoms with van der Waals surface area (Å²) in [5.74, 6) is -0.166. The van der Waals surface area contributed by atoms with E-state index in [1.807, 2.05) is 26.1 Å². The van der Waals surface area contributed by atoms with Gasteiger partial charge in [-0.1, -0.05) is 6.92 Å². The van der Waals surface area contributed by atoms with Crippen LogP contribution < -0.4 is 11.1 Å². The van der Waals surface area contributed by atoms with E-state index < -0.39 is 12.0 Å². The first kappa shape index (κ1) is 19.0. The molecule has 8 heteroatoms. The molecule has 0 aliphatic carbocycles. The van der Waals surface area contributed by atoms with Gasteiger partial charge in [0.1, 0.15) is 11.9 Å². The third kappa shape index (κ3) is 4.00. The van der Waals surface area contributed by atoms with E-state index in [-0.39, 0.29) is 5.92 Å². The predicted molar refractivity (Wildman–Crippen MR) is 106 cm³/mol. The Bertz CT molecular complexity index is 906. The highest BCUT2D eigenvalue weighted by Gasteiger charge is 2.27. The molecule has 1 fully saturated rings. The van der Waals surface area contributed by atoms with E-state index in [2.05, 4.69) is 22.3 Å². The Kier molecular flexibility index (Phi) is 5.55. The number of anilines is 1. The largest absolute Gasteiger partial charge is 0.480 e. The maximum Gasteiger partial charge on any atom is 0.320 e. The average molecular weight is 370 g/mol. The normalized spacial score (nSPS) is 21.6. The van der Waals surface area contributed by atoms with Gasteiger partial charge in [-0.3, -0.25) is 9.79 Å². The summed E-state index contributed by atoms with van der Waals surface area (Å²) in [6.45, 7) is 6.61. The number of fused-ring (bicyclic) bond motifs is 1. The van der Waals surface area contributed by atoms with Gasteiger partial charge in [-0.2, -0.15) is 9.61 Å². The Balaban J connectivity index is 1.93. The van der Waals surface area contributed by atoms with Crippen molar-refractivity contribution in [2.75, 3.05) is 12.3 Å². The molecule has 3 rings (SSSR count). The van der Waals surface area contributed by atoms with Crippen molar-refractivity contribution in [2.45, 2.75) is 52.0 Å². The molecule has 2 aromatic heterocycles. The minimum Gasteiger partial charge on any atom is -0.480 e. The Hall–Kier alpha value is -2.74. The van der Waals surface area contributed by atoms with Gasteiger partial charge in [0.2, 0.25) is 0 Å². The smallest absolute Gasteiger partial charge is 0.320 e. The van der Waals surface area contributed by atoms with Gasteiger partial charge in [-0.25, -0.2) is 4.98 Å². The zero-order chi connectivity index (χ0) is 19.6. The molecule has 0 bridgehead atoms. The van der Waals surface area contributed by atoms with E-state index in [0.717, 1.165) is 35.4 Å². The van der Waals surface area contributed by atoms with Crippen LogP contribution >= 0.6 is 0 Å². The number of hydrogen-bond acceptors (Lipinski definition) is 6. The molecule has 2 atom stereocenters. The number of nitrogen functional groups attached to an aromatic ring is 1. The van der Waals surface area contributed by atoms with Crippen LogP contribution in [-0.4, -0.2) is 44.0 Å². The van der Waals surface area contributed by atoms with E-state index in [0.29, 0.717) is 24.4 Å². The first-order valence-electron chi connectivity index (χ1n) is 9.21. The van der Waals surface area contributed by atoms with E-state index in [4.69, 9.17) is 15.8 Å². The second-order valence-corrected chi connectivity index (χ2v) is 7.00. The topological polar surface area (TPSA) is 118 Å². The number of aliphatic imine (C=N–C) groups is 1. The Morgan fingerprint density at radius 3 is 2.89 bits per heavy atom. The fourth-order valence-electron chi connectivity index (χ4n) is 3.18. The van der Waals surface area contributed by atoms with Crippen LogP contribution in [0.15, 0.2) is 23.5 Å². The first-order chi connectivity index (χ1) is 12.9. The molecule has 2 aromatic rings. The summed E-state index contributed by atoms with van der Waals surface area (Å²) >= 11 is 0. The number of aromatic nitrogens is 3. The van der Waals surface area contributed by atoms with Gasteiger partial charge >= 0.3 is 5.97 Å². The monoisotopic (exact) mass is 370 g/mol. The first-order valence-corrected chi connectivity index (χ1v) is 9.21. The number of carboxylic acids is 1. The molecule has 8 nitrogen and oxygen atoms in total. The predicted octanol–water partition coefficient (Wildman–Crippen LogP) is 2.46. The van der Waals surface area contributed by atoms with Crippen molar-refractivity contribution in [3.8, 4) is 0 Å². The lowest BCUT2D eigenvalue weighted by atomic mass is 9.92. The molecule has 0 amide bonds. The maximum absolute atomic E-state index is 11.1. The number of allylic oxidation sites excluding steroid dienone is 1. The van der Waals surface area contributed by atoms with E-state index >= 15 is 0 Å². The van der Waals surface area contributed by atoms with Crippen LogP contribution in [0.4, 0.5) is 5.82 Å². The summed E-state index contributed by atoms with van der Waals surface area (Å²) in [6.07, 6.45) is 5.82. The number of carboxylic acid groups (broad SMARTS) is 1. The molecule has 4 N–H and O–H groups in total. The van der Waals surface area contributed by atoms with Crippen molar-refractivity contribution in [1.29, 1.82) is 0 Å². The molecule has 1 aliphatic heterocycles. The van der Waals surface area contributed by atoms with Gasteiger partial charge in [-0.15, -0.1) is 0 Å². The number of hydrogen-bond donors (Lipinski definition) is 3. The number of nitrogens with one attached hydrogen (secondary N) is 1. The average Bonchev–Trinajstić information content (AvgIpc) is 3.10. The Morgan fingerprint density at radius 1 is 1.48 bits per heavy atom. The van der Waals surface area contributed by atoms with Crippen LogP contribution in [0, 0.1) is 0 Å². The SMILES string of the molecule is CCC(C)=N/C=C(\C)c1cnn2c(N)cc(C3CCC(C(=O)O)NC3)nc12. The maximum atomic E-state index is 11.1. The molecule has 0 saturated carbocycles. The van der Waals surface area contributed by atoms with Crippen LogP contribution in [0.25, 0.3) is 11.2 Å². The number of rotatable bonds is 5. The molecule has 1 aliphatic rings. The second kappa shape index (κ2) is 7.87. The van der Waals surface area contributed by atoms with Crippen molar-refractivity contribution < 1.29 is 9.90 Å². The second-order valence-electron chi connectivity index (χ2n) is 7.00. The van der Waals surface area contributed by atoms with Crippen LogP contribution in [-0.2, 0) is 4.79 Å². The van der Waals surface area contributed by atoms with Crippen molar-refractivity contribution in [2.24, 2.45) is 4.99 Å². The minimum absolute atomic E-state index is 0.125. The fraction of sp³-hybridized carbons (Fsp3) is 0.474. The molecule has 27 heavy (non-hydrogen) atoms. The minimum atomic E-state index is -0.807. The molecule has 144 valence electrons. The molecule has 0 aromatic carbocycles. The fourth-order valence-corrected chi connectivity index (χ4v) is 3.18. The van der Waals surface area contributed by atoms with Crippen LogP contribution in [0.5, 0.6) is 0 Å². The molecule has 1 saturated heterocycles. The Labute approximate surface area is 158 Å². The summed E-state index contributed by atoms with van der Waals surface area (Å²) in [4.78, 5) is 20.4. The lowest BCUT2D eigenvalue weighted by molar-refractivity contribution is -0.140. The summed E-state index contributed by atoms with van der Waals surface area (Å²) in [6, 6.07) is 1.34. The molecule has 3 heterocycles. The molecule has 0 radical (unpaired) electrons. The standard InChI is InChI=1S/C19H26N6O2/c1-4-12(3)21-8-11(2)14-10-23-25-17(20)7-16(24-18(14)25)13-5-6-15(19(26)27)22-9-13/h7-8,10,13,15,22H,4-6,9,20H2,1-3H3,(H,26,27)/b11-8+,21-12?. The zero-order valence-corrected chi connectivity index (χ0v) is 15.9. The number of aliphatic carboxylic acids is 1. The lowest BCUT2D eigenvalue weighted by Gasteiger charge is -2.27. The quantitative estimate of drug-likeness (QED) is 0.696. The van der Waals surface area contributed by atoms with Crippen LogP contribution in [0.1, 0.15) is 57.2 Å². The van der Waals surface area contributed by atoms with E-state index in [9.17, 15) is 4.79 Å². The van der Waals surface area contributed by atoms with Crippen LogP contribution in [0.2, 0.25) is 0 Å². The summed E-state index contributed by atoms with van der Waals surface area (Å²) < 4.78 is 1.63. The van der Waals surface area contributed by atoms with Gasteiger partial charge < -0.3 is 16.2 Å². The van der Waals surface area contributed by atoms with E-state index in [1.165, 1.54) is 0 Å². The van der Waals surface area contributed by atoms with Gasteiger partial charge in [0.05, 0.1) is 11.9 Å². The number of carbonyl (C=O) groups is 1. The highest BCUT2D eigenvalue weighted by molar-refractivity contribution is 5.83. The molecular weight excluding hydrogens is 344 g/mol. The highest BCUT2D eigenvalue weighted by Crippen LogP contribution is 2.28. The summed E-state index contributed by atoms with van der Waals surface area (Å²) in [5.41, 5.74) is 10.7. The van der Waals surface area contributed by atoms with Gasteiger partial charge in [0, 0.05) is 36.0 Å². The van der Waals surface area contributed by atoms with Crippen LogP contribution in [0.3, 0.4) is 0 Å². The molecule has 2 unspecified atom stereocenters. The summed E-state index contributed by atoms with van der Waals surface area (Å²) in [5, 5.41) is 16.6. The van der Waals surface area contributed by atoms with Crippen molar-refractivity contribution in [3.05, 3.63) is 29.7 Å². The molecular formula is C19H26N6O2. The van der Waals surface area contributed by atoms with Gasteiger partial charge in [-0.05, 0) is 38.7 Å². The third-order valence-electron chi connectivity index (χ3n) is 5.07. The number of nitrogens with two attached hydrogens (primary N) is 1. The van der Waals surface area contributed by atoms with Gasteiger partial charge in [0.15, 0.2) is 5.65 Å². The zero-order valence-electron chi connectivity index (χ0n) is 15.9. The van der Waals surface area contributed by atoms with Crippen molar-refractivity contribution in [3.63, 3.8) is 0 Å². The lowest BCUT2D eigenvalue weighted by Crippen LogP contribution is -2.43. The molecule has 0 spiro atoms. The number of piperidine rings is 1. The summed E-state index contributed by atoms with van der Waals surface area (Å²) in [7, 11) is 0. The Morgan fingerprint density at radius 2 is 2.26 bits per heavy atom. The van der Waals surface area contributed by atoms with Gasteiger partial charge in [0.25, 0.3) is 0 Å². The van der Waals surface area contributed by atoms with E-state index in [1.54, 1.807) is 10.7 Å². The highest BCUT2D eigenvalue weighted by atomic mass is 16.4. The van der Waals surface area contributed by atoms with Crippen molar-refractivity contribution in [1.82, 2.24) is 19.9 Å². The number of nitrogens with zero attached hydrogens (tertiary/aromatic N) is 4. The third-order valence-corrected chi connectivity index (χ3v) is 5.07.